The highest BCUT2D eigenvalue weighted by Crippen LogP contribution is 2.52. The Balaban J connectivity index is 1.79. The quantitative estimate of drug-likeness (QED) is 0.805. The second-order valence-electron chi connectivity index (χ2n) is 6.75. The molecule has 5 heteroatoms. The number of carbonyl (C=O) groups excluding carboxylic acids is 1. The standard InChI is InChI=1S/C20H21FN2O2/c1-2-25-20(24)16-11-22-19(23-15-5-3-4-14(21)10-15)18-13-8-6-12(7-9-13)17(16)18/h3-5,10-13H,2,6-9H2,1H3,(H,22,23). The summed E-state index contributed by atoms with van der Waals surface area (Å²) in [6, 6.07) is 6.36. The number of hydrogen-bond acceptors (Lipinski definition) is 4. The van der Waals surface area contributed by atoms with Crippen LogP contribution in [-0.4, -0.2) is 17.6 Å². The van der Waals surface area contributed by atoms with Gasteiger partial charge in [0.25, 0.3) is 0 Å². The fraction of sp³-hybridized carbons (Fsp3) is 0.400. The van der Waals surface area contributed by atoms with Crippen molar-refractivity contribution in [3.05, 3.63) is 53.0 Å². The highest BCUT2D eigenvalue weighted by Gasteiger charge is 2.38. The minimum atomic E-state index is -0.295. The molecule has 130 valence electrons. The van der Waals surface area contributed by atoms with Crippen molar-refractivity contribution in [2.45, 2.75) is 44.4 Å². The molecule has 1 heterocycles. The topological polar surface area (TPSA) is 51.2 Å². The van der Waals surface area contributed by atoms with Gasteiger partial charge in [-0.05, 0) is 68.2 Å². The summed E-state index contributed by atoms with van der Waals surface area (Å²) >= 11 is 0. The Morgan fingerprint density at radius 3 is 2.64 bits per heavy atom. The molecule has 25 heavy (non-hydrogen) atoms. The van der Waals surface area contributed by atoms with Crippen molar-refractivity contribution < 1.29 is 13.9 Å². The van der Waals surface area contributed by atoms with Crippen molar-refractivity contribution >= 4 is 17.5 Å². The third-order valence-electron chi connectivity index (χ3n) is 5.28. The number of carbonyl (C=O) groups is 1. The molecule has 5 rings (SSSR count). The average Bonchev–Trinajstić information content (AvgIpc) is 2.63. The monoisotopic (exact) mass is 340 g/mol. The summed E-state index contributed by atoms with van der Waals surface area (Å²) in [7, 11) is 0. The van der Waals surface area contributed by atoms with Gasteiger partial charge in [0.05, 0.1) is 12.2 Å². The lowest BCUT2D eigenvalue weighted by molar-refractivity contribution is 0.0522. The Kier molecular flexibility index (Phi) is 4.15. The first-order valence-corrected chi connectivity index (χ1v) is 8.90. The van der Waals surface area contributed by atoms with E-state index in [1.165, 1.54) is 12.1 Å². The molecule has 3 aliphatic carbocycles. The number of benzene rings is 1. The zero-order valence-corrected chi connectivity index (χ0v) is 14.2. The summed E-state index contributed by atoms with van der Waals surface area (Å²) in [6.07, 6.45) is 6.05. The van der Waals surface area contributed by atoms with Crippen molar-refractivity contribution in [3.63, 3.8) is 0 Å². The number of rotatable bonds is 4. The van der Waals surface area contributed by atoms with Gasteiger partial charge in [-0.3, -0.25) is 0 Å². The van der Waals surface area contributed by atoms with Crippen LogP contribution < -0.4 is 5.32 Å². The van der Waals surface area contributed by atoms with Gasteiger partial charge in [-0.25, -0.2) is 14.2 Å². The molecule has 1 saturated carbocycles. The normalized spacial score (nSPS) is 20.9. The van der Waals surface area contributed by atoms with Crippen LogP contribution in [-0.2, 0) is 4.74 Å². The van der Waals surface area contributed by atoms with E-state index in [1.807, 2.05) is 13.0 Å². The fourth-order valence-corrected chi connectivity index (χ4v) is 4.24. The first-order valence-electron chi connectivity index (χ1n) is 8.90. The van der Waals surface area contributed by atoms with E-state index >= 15 is 0 Å². The van der Waals surface area contributed by atoms with E-state index in [1.54, 1.807) is 12.3 Å². The van der Waals surface area contributed by atoms with E-state index in [4.69, 9.17) is 4.74 Å². The molecule has 0 unspecified atom stereocenters. The number of hydrogen-bond donors (Lipinski definition) is 1. The van der Waals surface area contributed by atoms with Crippen LogP contribution in [0.3, 0.4) is 0 Å². The highest BCUT2D eigenvalue weighted by atomic mass is 19.1. The molecule has 0 atom stereocenters. The summed E-state index contributed by atoms with van der Waals surface area (Å²) in [5, 5.41) is 3.25. The van der Waals surface area contributed by atoms with E-state index < -0.39 is 0 Å². The van der Waals surface area contributed by atoms with Crippen LogP contribution >= 0.6 is 0 Å². The third-order valence-corrected chi connectivity index (χ3v) is 5.28. The van der Waals surface area contributed by atoms with Crippen LogP contribution in [0, 0.1) is 5.82 Å². The minimum absolute atomic E-state index is 0.288. The van der Waals surface area contributed by atoms with Crippen molar-refractivity contribution in [1.29, 1.82) is 0 Å². The molecule has 3 aliphatic rings. The number of pyridine rings is 1. The van der Waals surface area contributed by atoms with Gasteiger partial charge in [-0.1, -0.05) is 6.07 Å². The molecule has 1 aromatic heterocycles. The van der Waals surface area contributed by atoms with Crippen LogP contribution in [0.1, 0.15) is 65.9 Å². The summed E-state index contributed by atoms with van der Waals surface area (Å²) in [4.78, 5) is 16.9. The molecular weight excluding hydrogens is 319 g/mol. The number of nitrogens with zero attached hydrogens (tertiary/aromatic N) is 1. The lowest BCUT2D eigenvalue weighted by Crippen LogP contribution is -2.26. The largest absolute Gasteiger partial charge is 0.462 e. The molecule has 0 spiro atoms. The smallest absolute Gasteiger partial charge is 0.339 e. The maximum absolute atomic E-state index is 13.5. The first kappa shape index (κ1) is 16.1. The molecule has 2 aromatic rings. The van der Waals surface area contributed by atoms with Gasteiger partial charge < -0.3 is 10.1 Å². The molecule has 0 amide bonds. The predicted octanol–water partition coefficient (Wildman–Crippen LogP) is 4.90. The zero-order chi connectivity index (χ0) is 17.4. The molecule has 1 aromatic carbocycles. The maximum atomic E-state index is 13.5. The summed E-state index contributed by atoms with van der Waals surface area (Å²) in [5.74, 6) is 0.941. The molecule has 1 fully saturated rings. The zero-order valence-electron chi connectivity index (χ0n) is 14.2. The number of ether oxygens (including phenoxy) is 1. The number of nitrogens with one attached hydrogen (secondary N) is 1. The predicted molar refractivity (Wildman–Crippen MR) is 93.8 cm³/mol. The fourth-order valence-electron chi connectivity index (χ4n) is 4.24. The first-order chi connectivity index (χ1) is 12.2. The van der Waals surface area contributed by atoms with Gasteiger partial charge in [0.1, 0.15) is 11.6 Å². The molecule has 1 N–H and O–H groups in total. The number of halogens is 1. The highest BCUT2D eigenvalue weighted by molar-refractivity contribution is 5.92. The van der Waals surface area contributed by atoms with Gasteiger partial charge in [0.15, 0.2) is 0 Å². The Morgan fingerprint density at radius 2 is 1.96 bits per heavy atom. The Labute approximate surface area is 146 Å². The van der Waals surface area contributed by atoms with Gasteiger partial charge in [0, 0.05) is 17.4 Å². The summed E-state index contributed by atoms with van der Waals surface area (Å²) in [5.41, 5.74) is 3.48. The lowest BCUT2D eigenvalue weighted by atomic mass is 9.66. The molecule has 0 aliphatic heterocycles. The van der Waals surface area contributed by atoms with Crippen LogP contribution in [0.4, 0.5) is 15.9 Å². The molecule has 0 radical (unpaired) electrons. The second kappa shape index (κ2) is 6.47. The minimum Gasteiger partial charge on any atom is -0.462 e. The molecule has 4 nitrogen and oxygen atoms in total. The Hall–Kier alpha value is -2.43. The number of esters is 1. The van der Waals surface area contributed by atoms with Gasteiger partial charge in [-0.15, -0.1) is 0 Å². The molecular formula is C20H21FN2O2. The van der Waals surface area contributed by atoms with Crippen molar-refractivity contribution in [3.8, 4) is 0 Å². The van der Waals surface area contributed by atoms with E-state index in [-0.39, 0.29) is 11.8 Å². The van der Waals surface area contributed by atoms with E-state index in [0.29, 0.717) is 29.7 Å². The molecule has 2 bridgehead atoms. The van der Waals surface area contributed by atoms with Gasteiger partial charge >= 0.3 is 5.97 Å². The van der Waals surface area contributed by atoms with Crippen molar-refractivity contribution in [1.82, 2.24) is 4.98 Å². The third kappa shape index (κ3) is 2.88. The van der Waals surface area contributed by atoms with E-state index in [9.17, 15) is 9.18 Å². The Bertz CT molecular complexity index is 813. The van der Waals surface area contributed by atoms with Crippen molar-refractivity contribution in [2.75, 3.05) is 11.9 Å². The number of aromatic nitrogens is 1. The summed E-state index contributed by atoms with van der Waals surface area (Å²) in [6.45, 7) is 2.16. The molecule has 0 saturated heterocycles. The number of anilines is 2. The van der Waals surface area contributed by atoms with Gasteiger partial charge in [-0.2, -0.15) is 0 Å². The van der Waals surface area contributed by atoms with E-state index in [0.717, 1.165) is 42.6 Å². The summed E-state index contributed by atoms with van der Waals surface area (Å²) < 4.78 is 18.7. The van der Waals surface area contributed by atoms with Crippen LogP contribution in [0.25, 0.3) is 0 Å². The van der Waals surface area contributed by atoms with Gasteiger partial charge in [0.2, 0.25) is 0 Å². The SMILES string of the molecule is CCOC(=O)c1cnc(Nc2cccc(F)c2)c2c1C1CCC2CC1. The lowest BCUT2D eigenvalue weighted by Gasteiger charge is -2.40. The second-order valence-corrected chi connectivity index (χ2v) is 6.75. The average molecular weight is 340 g/mol. The van der Waals surface area contributed by atoms with Crippen LogP contribution in [0.15, 0.2) is 30.5 Å². The number of fused-ring (bicyclic) bond motifs is 2. The van der Waals surface area contributed by atoms with Crippen LogP contribution in [0.5, 0.6) is 0 Å². The van der Waals surface area contributed by atoms with E-state index in [2.05, 4.69) is 10.3 Å². The van der Waals surface area contributed by atoms with Crippen LogP contribution in [0.2, 0.25) is 0 Å². The Morgan fingerprint density at radius 1 is 1.24 bits per heavy atom. The van der Waals surface area contributed by atoms with Crippen molar-refractivity contribution in [2.24, 2.45) is 0 Å². The maximum Gasteiger partial charge on any atom is 0.339 e.